The SMILES string of the molecule is Cl.O=C(CCNC(=O)c1ccc(S(=O)(=O)Nc2ccccc2Oc2ccc(Cl)cc2Cl)cc1)CCC1CCNCC1. The van der Waals surface area contributed by atoms with Crippen LogP contribution in [-0.4, -0.2) is 39.7 Å². The van der Waals surface area contributed by atoms with Crippen molar-refractivity contribution in [3.05, 3.63) is 82.3 Å². The van der Waals surface area contributed by atoms with Gasteiger partial charge in [-0.3, -0.25) is 14.3 Å². The zero-order valence-electron chi connectivity index (χ0n) is 22.2. The van der Waals surface area contributed by atoms with Gasteiger partial charge in [-0.1, -0.05) is 35.3 Å². The monoisotopic (exact) mass is 639 g/mol. The maximum absolute atomic E-state index is 13.1. The largest absolute Gasteiger partial charge is 0.454 e. The summed E-state index contributed by atoms with van der Waals surface area (Å²) in [7, 11) is -4.00. The molecule has 1 aliphatic rings. The summed E-state index contributed by atoms with van der Waals surface area (Å²) >= 11 is 12.1. The van der Waals surface area contributed by atoms with Crippen LogP contribution in [0.4, 0.5) is 5.69 Å². The summed E-state index contributed by atoms with van der Waals surface area (Å²) in [5.74, 6) is 0.913. The molecule has 1 amide bonds. The number of Topliss-reactive ketones (excluding diaryl/α,β-unsaturated/α-hetero) is 1. The minimum absolute atomic E-state index is 0. The van der Waals surface area contributed by atoms with E-state index in [-0.39, 0.29) is 58.4 Å². The Bertz CT molecular complexity index is 1450. The molecular formula is C29H32Cl3N3O5S. The van der Waals surface area contributed by atoms with E-state index in [1.807, 2.05) is 0 Å². The van der Waals surface area contributed by atoms with Gasteiger partial charge < -0.3 is 15.4 Å². The zero-order valence-corrected chi connectivity index (χ0v) is 25.3. The fraction of sp³-hybridized carbons (Fsp3) is 0.310. The van der Waals surface area contributed by atoms with Crippen LogP contribution in [0.15, 0.2) is 71.6 Å². The molecule has 3 N–H and O–H groups in total. The molecule has 0 radical (unpaired) electrons. The van der Waals surface area contributed by atoms with Crippen LogP contribution in [0.25, 0.3) is 0 Å². The number of hydrogen-bond donors (Lipinski definition) is 3. The highest BCUT2D eigenvalue weighted by Gasteiger charge is 2.19. The van der Waals surface area contributed by atoms with Crippen LogP contribution in [0.2, 0.25) is 10.0 Å². The third kappa shape index (κ3) is 9.61. The first-order chi connectivity index (χ1) is 19.2. The third-order valence-electron chi connectivity index (χ3n) is 6.65. The second-order valence-electron chi connectivity index (χ2n) is 9.58. The maximum atomic E-state index is 13.1. The first-order valence-corrected chi connectivity index (χ1v) is 15.3. The molecule has 1 aliphatic heterocycles. The molecule has 0 atom stereocenters. The van der Waals surface area contributed by atoms with Crippen molar-refractivity contribution in [2.24, 2.45) is 5.92 Å². The smallest absolute Gasteiger partial charge is 0.262 e. The van der Waals surface area contributed by atoms with Gasteiger partial charge in [0.15, 0.2) is 5.75 Å². The number of carbonyl (C=O) groups is 2. The first kappa shape index (κ1) is 32.7. The van der Waals surface area contributed by atoms with Gasteiger partial charge in [-0.05, 0) is 92.9 Å². The van der Waals surface area contributed by atoms with Gasteiger partial charge in [0.2, 0.25) is 0 Å². The number of ether oxygens (including phenoxy) is 1. The number of rotatable bonds is 12. The minimum Gasteiger partial charge on any atom is -0.454 e. The second-order valence-corrected chi connectivity index (χ2v) is 12.1. The quantitative estimate of drug-likeness (QED) is 0.209. The van der Waals surface area contributed by atoms with Crippen molar-refractivity contribution in [3.63, 3.8) is 0 Å². The Hall–Kier alpha value is -2.82. The van der Waals surface area contributed by atoms with Gasteiger partial charge in [-0.2, -0.15) is 0 Å². The molecule has 41 heavy (non-hydrogen) atoms. The number of benzene rings is 3. The van der Waals surface area contributed by atoms with E-state index in [4.69, 9.17) is 27.9 Å². The summed E-state index contributed by atoms with van der Waals surface area (Å²) in [6.07, 6.45) is 3.90. The van der Waals surface area contributed by atoms with Crippen LogP contribution in [0.1, 0.15) is 42.5 Å². The molecule has 1 heterocycles. The number of hydrogen-bond acceptors (Lipinski definition) is 6. The molecule has 0 saturated carbocycles. The zero-order chi connectivity index (χ0) is 28.5. The standard InChI is InChI=1S/C29H31Cl2N3O5S.ClH/c30-22-8-12-27(25(31)19-22)39-28-4-2-1-3-26(28)34-40(37,38)24-10-6-21(7-11-24)29(36)33-18-15-23(35)9-5-20-13-16-32-17-14-20;/h1-4,6-8,10-12,19-20,32,34H,5,9,13-18H2,(H,33,36);1H. The van der Waals surface area contributed by atoms with Gasteiger partial charge in [-0.25, -0.2) is 8.42 Å². The van der Waals surface area contributed by atoms with Crippen molar-refractivity contribution < 1.29 is 22.7 Å². The normalized spacial score (nSPS) is 13.6. The highest BCUT2D eigenvalue weighted by molar-refractivity contribution is 7.92. The lowest BCUT2D eigenvalue weighted by Gasteiger charge is -2.22. The topological polar surface area (TPSA) is 114 Å². The van der Waals surface area contributed by atoms with Crippen LogP contribution in [0.5, 0.6) is 11.5 Å². The Labute approximate surface area is 256 Å². The van der Waals surface area contributed by atoms with Crippen molar-refractivity contribution in [1.82, 2.24) is 10.6 Å². The van der Waals surface area contributed by atoms with Gasteiger partial charge >= 0.3 is 0 Å². The number of carbonyl (C=O) groups excluding carboxylic acids is 2. The molecule has 3 aromatic carbocycles. The van der Waals surface area contributed by atoms with E-state index >= 15 is 0 Å². The number of piperidine rings is 1. The molecule has 4 rings (SSSR count). The minimum atomic E-state index is -4.00. The van der Waals surface area contributed by atoms with Crippen LogP contribution in [0, 0.1) is 5.92 Å². The molecule has 1 saturated heterocycles. The number of sulfonamides is 1. The molecule has 0 aromatic heterocycles. The van der Waals surface area contributed by atoms with E-state index in [1.165, 1.54) is 30.3 Å². The van der Waals surface area contributed by atoms with E-state index in [0.29, 0.717) is 28.7 Å². The number of para-hydroxylation sites is 2. The molecule has 12 heteroatoms. The Balaban J connectivity index is 0.00000462. The van der Waals surface area contributed by atoms with Crippen molar-refractivity contribution >= 4 is 63.0 Å². The van der Waals surface area contributed by atoms with Gasteiger partial charge in [0.05, 0.1) is 15.6 Å². The van der Waals surface area contributed by atoms with Gasteiger partial charge in [0, 0.05) is 30.0 Å². The van der Waals surface area contributed by atoms with Gasteiger partial charge in [0.1, 0.15) is 11.5 Å². The Morgan fingerprint density at radius 2 is 1.63 bits per heavy atom. The van der Waals surface area contributed by atoms with E-state index in [0.717, 1.165) is 32.4 Å². The molecule has 0 unspecified atom stereocenters. The predicted molar refractivity (Wildman–Crippen MR) is 164 cm³/mol. The fourth-order valence-electron chi connectivity index (χ4n) is 4.38. The number of nitrogens with one attached hydrogen (secondary N) is 3. The lowest BCUT2D eigenvalue weighted by Crippen LogP contribution is -2.28. The van der Waals surface area contributed by atoms with E-state index in [1.54, 1.807) is 36.4 Å². The first-order valence-electron chi connectivity index (χ1n) is 13.1. The predicted octanol–water partition coefficient (Wildman–Crippen LogP) is 6.48. The average molecular weight is 641 g/mol. The molecular weight excluding hydrogens is 609 g/mol. The molecule has 220 valence electrons. The number of anilines is 1. The number of ketones is 1. The van der Waals surface area contributed by atoms with Gasteiger partial charge in [-0.15, -0.1) is 12.4 Å². The molecule has 1 fully saturated rings. The van der Waals surface area contributed by atoms with Crippen LogP contribution in [0.3, 0.4) is 0 Å². The number of halogens is 3. The highest BCUT2D eigenvalue weighted by Crippen LogP contribution is 2.35. The fourth-order valence-corrected chi connectivity index (χ4v) is 5.90. The van der Waals surface area contributed by atoms with Crippen molar-refractivity contribution in [3.8, 4) is 11.5 Å². The number of amides is 1. The molecule has 0 aliphatic carbocycles. The summed E-state index contributed by atoms with van der Waals surface area (Å²) < 4.78 is 34.5. The lowest BCUT2D eigenvalue weighted by molar-refractivity contribution is -0.119. The summed E-state index contributed by atoms with van der Waals surface area (Å²) in [6.45, 7) is 2.25. The van der Waals surface area contributed by atoms with Crippen molar-refractivity contribution in [2.75, 3.05) is 24.4 Å². The van der Waals surface area contributed by atoms with Gasteiger partial charge in [0.25, 0.3) is 15.9 Å². The second kappa shape index (κ2) is 15.4. The van der Waals surface area contributed by atoms with Crippen LogP contribution in [-0.2, 0) is 14.8 Å². The van der Waals surface area contributed by atoms with E-state index < -0.39 is 10.0 Å². The Kier molecular flexibility index (Phi) is 12.3. The summed E-state index contributed by atoms with van der Waals surface area (Å²) in [4.78, 5) is 24.7. The molecule has 3 aromatic rings. The Morgan fingerprint density at radius 3 is 2.34 bits per heavy atom. The lowest BCUT2D eigenvalue weighted by atomic mass is 9.92. The van der Waals surface area contributed by atoms with Crippen molar-refractivity contribution in [1.29, 1.82) is 0 Å². The van der Waals surface area contributed by atoms with Crippen molar-refractivity contribution in [2.45, 2.75) is 37.0 Å². The third-order valence-corrected chi connectivity index (χ3v) is 8.56. The summed E-state index contributed by atoms with van der Waals surface area (Å²) in [6, 6.07) is 16.8. The summed E-state index contributed by atoms with van der Waals surface area (Å²) in [5, 5.41) is 6.78. The molecule has 0 bridgehead atoms. The maximum Gasteiger partial charge on any atom is 0.262 e. The van der Waals surface area contributed by atoms with Crippen LogP contribution < -0.4 is 20.1 Å². The molecule has 0 spiro atoms. The molecule has 8 nitrogen and oxygen atoms in total. The average Bonchev–Trinajstić information content (AvgIpc) is 2.95. The van der Waals surface area contributed by atoms with E-state index in [2.05, 4.69) is 15.4 Å². The summed E-state index contributed by atoms with van der Waals surface area (Å²) in [5.41, 5.74) is 0.502. The van der Waals surface area contributed by atoms with E-state index in [9.17, 15) is 18.0 Å². The van der Waals surface area contributed by atoms with Crippen LogP contribution >= 0.6 is 35.6 Å². The Morgan fingerprint density at radius 1 is 0.927 bits per heavy atom. The highest BCUT2D eigenvalue weighted by atomic mass is 35.5.